The molecule has 0 fully saturated rings. The van der Waals surface area contributed by atoms with E-state index in [-0.39, 0.29) is 0 Å². The average Bonchev–Trinajstić information content (AvgIpc) is 2.69. The molecule has 0 amide bonds. The van der Waals surface area contributed by atoms with E-state index in [0.717, 1.165) is 16.7 Å². The zero-order valence-corrected chi connectivity index (χ0v) is 17.0. The Kier molecular flexibility index (Phi) is 5.15. The lowest BCUT2D eigenvalue weighted by molar-refractivity contribution is 0.345. The number of hydrogen-bond donors (Lipinski definition) is 1. The van der Waals surface area contributed by atoms with E-state index in [1.54, 1.807) is 16.4 Å². The van der Waals surface area contributed by atoms with Crippen molar-refractivity contribution < 1.29 is 8.42 Å². The second-order valence-corrected chi connectivity index (χ2v) is 9.24. The Morgan fingerprint density at radius 1 is 0.964 bits per heavy atom. The molecule has 28 heavy (non-hydrogen) atoms. The minimum atomic E-state index is -3.62. The van der Waals surface area contributed by atoms with E-state index < -0.39 is 16.2 Å². The van der Waals surface area contributed by atoms with Crippen LogP contribution in [0, 0.1) is 6.92 Å². The van der Waals surface area contributed by atoms with E-state index in [9.17, 15) is 8.42 Å². The number of aryl methyl sites for hydroxylation is 1. The van der Waals surface area contributed by atoms with Gasteiger partial charge in [0.2, 0.25) is 10.0 Å². The van der Waals surface area contributed by atoms with E-state index in [2.05, 4.69) is 5.32 Å². The molecular formula is C22H21ClN2O2S. The minimum absolute atomic E-state index is 0.314. The highest BCUT2D eigenvalue weighted by atomic mass is 35.5. The summed E-state index contributed by atoms with van der Waals surface area (Å²) in [7, 11) is -3.62. The van der Waals surface area contributed by atoms with E-state index >= 15 is 0 Å². The highest BCUT2D eigenvalue weighted by Crippen LogP contribution is 2.38. The van der Waals surface area contributed by atoms with Crippen LogP contribution < -0.4 is 5.32 Å². The van der Waals surface area contributed by atoms with Crippen LogP contribution in [-0.2, 0) is 16.4 Å². The van der Waals surface area contributed by atoms with E-state index in [4.69, 9.17) is 11.6 Å². The molecule has 0 unspecified atom stereocenters. The maximum atomic E-state index is 13.4. The number of hydrogen-bond acceptors (Lipinski definition) is 3. The molecule has 1 aliphatic rings. The Labute approximate surface area is 170 Å². The summed E-state index contributed by atoms with van der Waals surface area (Å²) < 4.78 is 28.3. The zero-order valence-electron chi connectivity index (χ0n) is 15.5. The summed E-state index contributed by atoms with van der Waals surface area (Å²) in [5, 5.41) is 4.08. The summed E-state index contributed by atoms with van der Waals surface area (Å²) in [6.07, 6.45) is 0.149. The predicted molar refractivity (Wildman–Crippen MR) is 113 cm³/mol. The van der Waals surface area contributed by atoms with Gasteiger partial charge in [-0.1, -0.05) is 65.7 Å². The Hall–Kier alpha value is -2.34. The van der Waals surface area contributed by atoms with Crippen LogP contribution in [0.4, 0.5) is 5.69 Å². The second kappa shape index (κ2) is 7.59. The Morgan fingerprint density at radius 2 is 1.64 bits per heavy atom. The maximum absolute atomic E-state index is 13.4. The van der Waals surface area contributed by atoms with Gasteiger partial charge < -0.3 is 5.32 Å². The first-order valence-electron chi connectivity index (χ1n) is 9.13. The van der Waals surface area contributed by atoms with Crippen molar-refractivity contribution in [3.63, 3.8) is 0 Å². The highest BCUT2D eigenvalue weighted by Gasteiger charge is 2.38. The molecule has 1 aliphatic heterocycles. The standard InChI is InChI=1S/C22H21ClN2O2S/c1-16-6-10-18(11-7-16)22-24-20-4-2-3-5-21(20)28(26,27)25(22)15-14-17-8-12-19(23)13-9-17/h2-13,22,24H,14-15H2,1H3/t22-/m0/s1. The minimum Gasteiger partial charge on any atom is -0.364 e. The number of para-hydroxylation sites is 1. The summed E-state index contributed by atoms with van der Waals surface area (Å²) in [5.74, 6) is 0. The monoisotopic (exact) mass is 412 g/mol. The van der Waals surface area contributed by atoms with Crippen molar-refractivity contribution in [1.82, 2.24) is 4.31 Å². The first-order valence-corrected chi connectivity index (χ1v) is 11.0. The van der Waals surface area contributed by atoms with Crippen molar-refractivity contribution >= 4 is 27.3 Å². The van der Waals surface area contributed by atoms with Crippen LogP contribution in [0.5, 0.6) is 0 Å². The molecule has 4 rings (SSSR count). The second-order valence-electron chi connectivity index (χ2n) is 6.95. The SMILES string of the molecule is Cc1ccc([C@H]2Nc3ccccc3S(=O)(=O)N2CCc2ccc(Cl)cc2)cc1. The van der Waals surface area contributed by atoms with Crippen LogP contribution in [0.25, 0.3) is 0 Å². The van der Waals surface area contributed by atoms with Crippen LogP contribution in [0.2, 0.25) is 5.02 Å². The summed E-state index contributed by atoms with van der Waals surface area (Å²) >= 11 is 5.96. The van der Waals surface area contributed by atoms with E-state index in [1.165, 1.54) is 0 Å². The summed E-state index contributed by atoms with van der Waals surface area (Å²) in [6, 6.07) is 22.5. The number of rotatable bonds is 4. The molecule has 0 saturated carbocycles. The molecule has 1 heterocycles. The number of nitrogens with zero attached hydrogens (tertiary/aromatic N) is 1. The topological polar surface area (TPSA) is 49.4 Å². The molecule has 0 spiro atoms. The lowest BCUT2D eigenvalue weighted by Gasteiger charge is -2.37. The number of benzene rings is 3. The average molecular weight is 413 g/mol. The normalized spacial score (nSPS) is 18.3. The third kappa shape index (κ3) is 3.65. The van der Waals surface area contributed by atoms with Crippen molar-refractivity contribution in [3.8, 4) is 0 Å². The van der Waals surface area contributed by atoms with Gasteiger partial charge in [-0.25, -0.2) is 8.42 Å². The summed E-state index contributed by atoms with van der Waals surface area (Å²) in [4.78, 5) is 0.314. The first kappa shape index (κ1) is 19.0. The smallest absolute Gasteiger partial charge is 0.247 e. The zero-order chi connectivity index (χ0) is 19.7. The fourth-order valence-corrected chi connectivity index (χ4v) is 5.25. The van der Waals surface area contributed by atoms with Crippen molar-refractivity contribution in [2.24, 2.45) is 0 Å². The Morgan fingerprint density at radius 3 is 2.36 bits per heavy atom. The lowest BCUT2D eigenvalue weighted by Crippen LogP contribution is -2.43. The number of anilines is 1. The number of sulfonamides is 1. The molecular weight excluding hydrogens is 392 g/mol. The van der Waals surface area contributed by atoms with E-state index in [1.807, 2.05) is 67.6 Å². The first-order chi connectivity index (χ1) is 13.4. The van der Waals surface area contributed by atoms with Gasteiger partial charge in [0.1, 0.15) is 11.1 Å². The lowest BCUT2D eigenvalue weighted by atomic mass is 10.1. The van der Waals surface area contributed by atoms with Gasteiger partial charge in [0.25, 0.3) is 0 Å². The molecule has 3 aromatic carbocycles. The molecule has 0 bridgehead atoms. The predicted octanol–water partition coefficient (Wildman–Crippen LogP) is 5.01. The van der Waals surface area contributed by atoms with Gasteiger partial charge in [0.15, 0.2) is 0 Å². The van der Waals surface area contributed by atoms with Gasteiger partial charge >= 0.3 is 0 Å². The molecule has 1 atom stereocenters. The van der Waals surface area contributed by atoms with Crippen LogP contribution >= 0.6 is 11.6 Å². The fraction of sp³-hybridized carbons (Fsp3) is 0.182. The van der Waals surface area contributed by atoms with E-state index in [0.29, 0.717) is 28.6 Å². The molecule has 0 aliphatic carbocycles. The molecule has 0 saturated heterocycles. The Bertz CT molecular complexity index is 1080. The summed E-state index contributed by atoms with van der Waals surface area (Å²) in [5.41, 5.74) is 3.73. The molecule has 144 valence electrons. The third-order valence-corrected chi connectivity index (χ3v) is 7.16. The van der Waals surface area contributed by atoms with Gasteiger partial charge in [-0.15, -0.1) is 0 Å². The molecule has 0 radical (unpaired) electrons. The molecule has 6 heteroatoms. The van der Waals surface area contributed by atoms with Crippen LogP contribution in [0.15, 0.2) is 77.7 Å². The Balaban J connectivity index is 1.71. The number of halogens is 1. The number of fused-ring (bicyclic) bond motifs is 1. The molecule has 0 aromatic heterocycles. The maximum Gasteiger partial charge on any atom is 0.247 e. The highest BCUT2D eigenvalue weighted by molar-refractivity contribution is 7.89. The van der Waals surface area contributed by atoms with Crippen molar-refractivity contribution in [3.05, 3.63) is 94.5 Å². The van der Waals surface area contributed by atoms with Gasteiger partial charge in [-0.2, -0.15) is 4.31 Å². The van der Waals surface area contributed by atoms with Gasteiger partial charge in [-0.05, 0) is 48.7 Å². The number of nitrogens with one attached hydrogen (secondary N) is 1. The fourth-order valence-electron chi connectivity index (χ4n) is 3.43. The van der Waals surface area contributed by atoms with Crippen molar-refractivity contribution in [1.29, 1.82) is 0 Å². The quantitative estimate of drug-likeness (QED) is 0.655. The van der Waals surface area contributed by atoms with Crippen molar-refractivity contribution in [2.45, 2.75) is 24.4 Å². The largest absolute Gasteiger partial charge is 0.364 e. The molecule has 4 nitrogen and oxygen atoms in total. The van der Waals surface area contributed by atoms with Crippen LogP contribution in [-0.4, -0.2) is 19.3 Å². The van der Waals surface area contributed by atoms with Gasteiger partial charge in [-0.3, -0.25) is 0 Å². The van der Waals surface area contributed by atoms with Crippen LogP contribution in [0.1, 0.15) is 22.9 Å². The van der Waals surface area contributed by atoms with Crippen molar-refractivity contribution in [2.75, 3.05) is 11.9 Å². The van der Waals surface area contributed by atoms with Gasteiger partial charge in [0, 0.05) is 11.6 Å². The third-order valence-electron chi connectivity index (χ3n) is 4.98. The molecule has 1 N–H and O–H groups in total. The van der Waals surface area contributed by atoms with Crippen LogP contribution in [0.3, 0.4) is 0 Å². The summed E-state index contributed by atoms with van der Waals surface area (Å²) in [6.45, 7) is 2.38. The van der Waals surface area contributed by atoms with Gasteiger partial charge in [0.05, 0.1) is 5.69 Å². The molecule has 3 aromatic rings.